The van der Waals surface area contributed by atoms with Crippen LogP contribution in [-0.2, 0) is 0 Å². The molecule has 0 N–H and O–H groups in total. The smallest absolute Gasteiger partial charge is 0.165 e. The van der Waals surface area contributed by atoms with Gasteiger partial charge in [-0.1, -0.05) is 0 Å². The third kappa shape index (κ3) is 1.72. The Labute approximate surface area is 74.1 Å². The van der Waals surface area contributed by atoms with Crippen LogP contribution in [0.15, 0.2) is 12.1 Å². The standard InChI is InChI=1S/C9H7FO3/c1-13-9-3-7(5-12)6(4-11)2-8(9)10/h2-5H,1H3. The maximum Gasteiger partial charge on any atom is 0.165 e. The Kier molecular flexibility index (Phi) is 2.74. The molecule has 0 fully saturated rings. The van der Waals surface area contributed by atoms with E-state index in [9.17, 15) is 14.0 Å². The van der Waals surface area contributed by atoms with E-state index in [1.807, 2.05) is 0 Å². The van der Waals surface area contributed by atoms with Crippen LogP contribution in [0.3, 0.4) is 0 Å². The highest BCUT2D eigenvalue weighted by Gasteiger charge is 2.08. The zero-order chi connectivity index (χ0) is 9.84. The van der Waals surface area contributed by atoms with E-state index in [2.05, 4.69) is 4.74 Å². The molecule has 3 nitrogen and oxygen atoms in total. The molecule has 0 aliphatic heterocycles. The summed E-state index contributed by atoms with van der Waals surface area (Å²) in [7, 11) is 1.29. The molecule has 1 aromatic carbocycles. The molecule has 0 atom stereocenters. The minimum Gasteiger partial charge on any atom is -0.494 e. The van der Waals surface area contributed by atoms with Crippen LogP contribution < -0.4 is 4.74 Å². The molecule has 1 rings (SSSR count). The molecule has 0 amide bonds. The third-order valence-electron chi connectivity index (χ3n) is 1.61. The zero-order valence-electron chi connectivity index (χ0n) is 6.91. The lowest BCUT2D eigenvalue weighted by Crippen LogP contribution is -1.96. The maximum atomic E-state index is 13.0. The van der Waals surface area contributed by atoms with Gasteiger partial charge in [-0.2, -0.15) is 0 Å². The van der Waals surface area contributed by atoms with E-state index in [1.54, 1.807) is 0 Å². The number of carbonyl (C=O) groups is 2. The Morgan fingerprint density at radius 3 is 2.23 bits per heavy atom. The maximum absolute atomic E-state index is 13.0. The largest absolute Gasteiger partial charge is 0.494 e. The first-order valence-electron chi connectivity index (χ1n) is 3.50. The quantitative estimate of drug-likeness (QED) is 0.664. The highest BCUT2D eigenvalue weighted by atomic mass is 19.1. The molecule has 0 aromatic heterocycles. The van der Waals surface area contributed by atoms with Gasteiger partial charge in [0.15, 0.2) is 24.1 Å². The molecule has 0 heterocycles. The number of methoxy groups -OCH3 is 1. The van der Waals surface area contributed by atoms with E-state index >= 15 is 0 Å². The van der Waals surface area contributed by atoms with E-state index < -0.39 is 5.82 Å². The molecule has 0 unspecified atom stereocenters. The summed E-state index contributed by atoms with van der Waals surface area (Å²) in [5, 5.41) is 0. The lowest BCUT2D eigenvalue weighted by atomic mass is 10.1. The molecule has 0 spiro atoms. The molecule has 0 aliphatic carbocycles. The number of halogens is 1. The van der Waals surface area contributed by atoms with Gasteiger partial charge in [0.1, 0.15) is 0 Å². The minimum absolute atomic E-state index is 0.0216. The Balaban J connectivity index is 3.34. The number of rotatable bonds is 3. The van der Waals surface area contributed by atoms with Gasteiger partial charge < -0.3 is 4.74 Å². The number of ether oxygens (including phenoxy) is 1. The molecule has 0 saturated carbocycles. The number of benzene rings is 1. The van der Waals surface area contributed by atoms with Gasteiger partial charge >= 0.3 is 0 Å². The second kappa shape index (κ2) is 3.80. The summed E-state index contributed by atoms with van der Waals surface area (Å²) in [6.45, 7) is 0. The Morgan fingerprint density at radius 2 is 1.77 bits per heavy atom. The first kappa shape index (κ1) is 9.38. The topological polar surface area (TPSA) is 43.4 Å². The molecule has 68 valence electrons. The number of hydrogen-bond acceptors (Lipinski definition) is 3. The molecule has 1 aromatic rings. The van der Waals surface area contributed by atoms with Crippen molar-refractivity contribution in [2.45, 2.75) is 0 Å². The van der Waals surface area contributed by atoms with Crippen LogP contribution in [-0.4, -0.2) is 19.7 Å². The lowest BCUT2D eigenvalue weighted by Gasteiger charge is -2.03. The third-order valence-corrected chi connectivity index (χ3v) is 1.61. The Hall–Kier alpha value is -1.71. The van der Waals surface area contributed by atoms with Gasteiger partial charge in [0.2, 0.25) is 0 Å². The highest BCUT2D eigenvalue weighted by Crippen LogP contribution is 2.20. The van der Waals surface area contributed by atoms with Crippen molar-refractivity contribution >= 4 is 12.6 Å². The average Bonchev–Trinajstić information content (AvgIpc) is 2.17. The summed E-state index contributed by atoms with van der Waals surface area (Å²) in [6, 6.07) is 2.15. The van der Waals surface area contributed by atoms with E-state index in [1.165, 1.54) is 13.2 Å². The fourth-order valence-corrected chi connectivity index (χ4v) is 0.945. The normalized spacial score (nSPS) is 9.38. The van der Waals surface area contributed by atoms with E-state index in [-0.39, 0.29) is 16.9 Å². The van der Waals surface area contributed by atoms with Gasteiger partial charge in [-0.15, -0.1) is 0 Å². The summed E-state index contributed by atoms with van der Waals surface area (Å²) in [4.78, 5) is 20.8. The lowest BCUT2D eigenvalue weighted by molar-refractivity contribution is 0.109. The molecule has 13 heavy (non-hydrogen) atoms. The SMILES string of the molecule is COc1cc(C=O)c(C=O)cc1F. The van der Waals surface area contributed by atoms with Crippen LogP contribution in [0, 0.1) is 5.82 Å². The van der Waals surface area contributed by atoms with Crippen molar-refractivity contribution in [2.75, 3.05) is 7.11 Å². The zero-order valence-corrected chi connectivity index (χ0v) is 6.91. The van der Waals surface area contributed by atoms with E-state index in [0.29, 0.717) is 12.6 Å². The van der Waals surface area contributed by atoms with Crippen molar-refractivity contribution in [1.29, 1.82) is 0 Å². The monoisotopic (exact) mass is 182 g/mol. The summed E-state index contributed by atoms with van der Waals surface area (Å²) < 4.78 is 17.6. The van der Waals surface area contributed by atoms with Crippen molar-refractivity contribution < 1.29 is 18.7 Å². The van der Waals surface area contributed by atoms with Gasteiger partial charge in [-0.25, -0.2) is 4.39 Å². The van der Waals surface area contributed by atoms with Gasteiger partial charge in [0.05, 0.1) is 7.11 Å². The summed E-state index contributed by atoms with van der Waals surface area (Å²) in [5.41, 5.74) is 0.140. The van der Waals surface area contributed by atoms with Crippen LogP contribution in [0.1, 0.15) is 20.7 Å². The number of hydrogen-bond donors (Lipinski definition) is 0. The molecule has 0 saturated heterocycles. The Morgan fingerprint density at radius 1 is 1.23 bits per heavy atom. The molecule has 0 bridgehead atoms. The van der Waals surface area contributed by atoms with Crippen molar-refractivity contribution in [3.63, 3.8) is 0 Å². The van der Waals surface area contributed by atoms with Crippen molar-refractivity contribution in [3.8, 4) is 5.75 Å². The van der Waals surface area contributed by atoms with Crippen LogP contribution >= 0.6 is 0 Å². The molecule has 0 aliphatic rings. The van der Waals surface area contributed by atoms with E-state index in [0.717, 1.165) is 6.07 Å². The predicted molar refractivity (Wildman–Crippen MR) is 43.7 cm³/mol. The summed E-state index contributed by atoms with van der Waals surface area (Å²) in [6.07, 6.45) is 0.901. The van der Waals surface area contributed by atoms with Crippen LogP contribution in [0.4, 0.5) is 4.39 Å². The predicted octanol–water partition coefficient (Wildman–Crippen LogP) is 1.46. The van der Waals surface area contributed by atoms with Crippen LogP contribution in [0.5, 0.6) is 5.75 Å². The van der Waals surface area contributed by atoms with Crippen molar-refractivity contribution in [2.24, 2.45) is 0 Å². The van der Waals surface area contributed by atoms with Gasteiger partial charge in [0, 0.05) is 11.1 Å². The van der Waals surface area contributed by atoms with E-state index in [4.69, 9.17) is 0 Å². The first-order chi connectivity index (χ1) is 6.22. The molecule has 4 heteroatoms. The summed E-state index contributed by atoms with van der Waals surface area (Å²) in [5.74, 6) is -0.706. The molecule has 0 radical (unpaired) electrons. The fraction of sp³-hybridized carbons (Fsp3) is 0.111. The van der Waals surface area contributed by atoms with Crippen molar-refractivity contribution in [3.05, 3.63) is 29.1 Å². The van der Waals surface area contributed by atoms with Crippen LogP contribution in [0.25, 0.3) is 0 Å². The Bertz CT molecular complexity index is 347. The second-order valence-corrected chi connectivity index (χ2v) is 2.35. The van der Waals surface area contributed by atoms with Gasteiger partial charge in [0.25, 0.3) is 0 Å². The number of carbonyl (C=O) groups excluding carboxylic acids is 2. The first-order valence-corrected chi connectivity index (χ1v) is 3.50. The average molecular weight is 182 g/mol. The fourth-order valence-electron chi connectivity index (χ4n) is 0.945. The van der Waals surface area contributed by atoms with Crippen molar-refractivity contribution in [1.82, 2.24) is 0 Å². The van der Waals surface area contributed by atoms with Gasteiger partial charge in [-0.05, 0) is 12.1 Å². The molecular weight excluding hydrogens is 175 g/mol. The summed E-state index contributed by atoms with van der Waals surface area (Å²) >= 11 is 0. The second-order valence-electron chi connectivity index (χ2n) is 2.35. The molecular formula is C9H7FO3. The number of aldehydes is 2. The van der Waals surface area contributed by atoms with Gasteiger partial charge in [-0.3, -0.25) is 9.59 Å². The minimum atomic E-state index is -0.657. The van der Waals surface area contributed by atoms with Crippen LogP contribution in [0.2, 0.25) is 0 Å². The highest BCUT2D eigenvalue weighted by molar-refractivity contribution is 5.90.